The van der Waals surface area contributed by atoms with Crippen molar-refractivity contribution >= 4 is 57.1 Å². The van der Waals surface area contributed by atoms with E-state index < -0.39 is 59.8 Å². The summed E-state index contributed by atoms with van der Waals surface area (Å²) >= 11 is 0. The van der Waals surface area contributed by atoms with Gasteiger partial charge in [-0.1, -0.05) is 28.0 Å². The highest BCUT2D eigenvalue weighted by Crippen LogP contribution is 2.39. The molecule has 14 heteroatoms. The van der Waals surface area contributed by atoms with Crippen molar-refractivity contribution in [1.29, 1.82) is 0 Å². The fraction of sp³-hybridized carbons (Fsp3) is 0.739. The monoisotopic (exact) mass is 561 g/mol. The van der Waals surface area contributed by atoms with Gasteiger partial charge in [-0.15, -0.1) is 0 Å². The normalized spacial score (nSPS) is 18.9. The van der Waals surface area contributed by atoms with E-state index in [2.05, 4.69) is 26.6 Å². The van der Waals surface area contributed by atoms with Gasteiger partial charge in [-0.05, 0) is 53.9 Å². The minimum absolute atomic E-state index is 0.227. The Morgan fingerprint density at radius 1 is 0.703 bits per heavy atom. The maximum absolute atomic E-state index is 12.4. The van der Waals surface area contributed by atoms with Gasteiger partial charge in [0.2, 0.25) is 29.5 Å². The van der Waals surface area contributed by atoms with Crippen molar-refractivity contribution in [3.63, 3.8) is 0 Å². The second kappa shape index (κ2) is 16.4. The summed E-state index contributed by atoms with van der Waals surface area (Å²) < 4.78 is 0. The van der Waals surface area contributed by atoms with Crippen LogP contribution in [0.4, 0.5) is 0 Å². The molecule has 0 aliphatic carbocycles. The van der Waals surface area contributed by atoms with Gasteiger partial charge in [-0.25, -0.2) is 0 Å². The van der Waals surface area contributed by atoms with E-state index in [0.29, 0.717) is 11.7 Å². The molecule has 5 amide bonds. The maximum Gasteiger partial charge on any atom is 0.325 e. The third-order valence-electron chi connectivity index (χ3n) is 5.66. The van der Waals surface area contributed by atoms with Crippen LogP contribution in [-0.2, 0) is 28.8 Å². The third-order valence-corrected chi connectivity index (χ3v) is 8.67. The van der Waals surface area contributed by atoms with Gasteiger partial charge in [0.05, 0.1) is 0 Å². The second-order valence-corrected chi connectivity index (χ2v) is 11.9. The first kappa shape index (κ1) is 32.5. The van der Waals surface area contributed by atoms with E-state index in [-0.39, 0.29) is 5.91 Å². The summed E-state index contributed by atoms with van der Waals surface area (Å²) in [6.45, 7) is 7.03. The standard InChI is InChI=1S/C23H39N5O7S2/c1-12(24-18(29)9-7-6-8-17-10-11-36-37-17)19(30)25-13(2)20(31)26-14(3)21(32)27-15(4)22(33)28-16(5)23(34)35/h12-17H,6-11H2,1-5H3,(H,24,29)(H,25,30)(H,26,31)(H,27,32)(H,28,33)(H,34,35)/t12-,13-,14-,15-,16-,17+/m0/s1. The predicted octanol–water partition coefficient (Wildman–Crippen LogP) is 0.309. The molecule has 1 aliphatic rings. The SMILES string of the molecule is C[C@H](NC(=O)[C@H](C)NC(=O)[C@H](C)NC(=O)[C@H](C)NC(=O)[C@H](C)NC(=O)CCCC[C@@H]1CCSS1)C(=O)O. The quantitative estimate of drug-likeness (QED) is 0.121. The number of hydrogen-bond acceptors (Lipinski definition) is 8. The Morgan fingerprint density at radius 3 is 1.54 bits per heavy atom. The number of carboxylic acid groups (broad SMARTS) is 1. The summed E-state index contributed by atoms with van der Waals surface area (Å²) in [7, 11) is 3.80. The molecule has 1 rings (SSSR count). The minimum atomic E-state index is -1.22. The Kier molecular flexibility index (Phi) is 14.4. The smallest absolute Gasteiger partial charge is 0.325 e. The van der Waals surface area contributed by atoms with Gasteiger partial charge in [0, 0.05) is 17.4 Å². The predicted molar refractivity (Wildman–Crippen MR) is 143 cm³/mol. The number of carbonyl (C=O) groups excluding carboxylic acids is 5. The summed E-state index contributed by atoms with van der Waals surface area (Å²) in [5.74, 6) is -2.79. The molecule has 1 saturated heterocycles. The van der Waals surface area contributed by atoms with Crippen LogP contribution in [-0.4, -0.2) is 81.8 Å². The number of carboxylic acids is 1. The number of nitrogens with one attached hydrogen (secondary N) is 5. The molecule has 0 aromatic carbocycles. The lowest BCUT2D eigenvalue weighted by molar-refractivity contribution is -0.141. The Bertz CT molecular complexity index is 838. The zero-order valence-corrected chi connectivity index (χ0v) is 23.6. The number of rotatable bonds is 15. The summed E-state index contributed by atoms with van der Waals surface area (Å²) in [6.07, 6.45) is 4.33. The Balaban J connectivity index is 2.36. The van der Waals surface area contributed by atoms with Gasteiger partial charge in [0.15, 0.2) is 0 Å². The van der Waals surface area contributed by atoms with E-state index in [0.717, 1.165) is 19.3 Å². The van der Waals surface area contributed by atoms with Crippen LogP contribution in [0.3, 0.4) is 0 Å². The molecule has 0 spiro atoms. The zero-order chi connectivity index (χ0) is 28.1. The van der Waals surface area contributed by atoms with Crippen molar-refractivity contribution in [3.8, 4) is 0 Å². The van der Waals surface area contributed by atoms with E-state index >= 15 is 0 Å². The van der Waals surface area contributed by atoms with Crippen LogP contribution in [0.25, 0.3) is 0 Å². The molecule has 37 heavy (non-hydrogen) atoms. The van der Waals surface area contributed by atoms with E-state index in [1.165, 1.54) is 46.8 Å². The molecule has 0 unspecified atom stereocenters. The van der Waals surface area contributed by atoms with E-state index in [1.807, 2.05) is 21.6 Å². The van der Waals surface area contributed by atoms with Gasteiger partial charge in [-0.3, -0.25) is 28.8 Å². The molecule has 0 saturated carbocycles. The highest BCUT2D eigenvalue weighted by molar-refractivity contribution is 8.77. The summed E-state index contributed by atoms with van der Waals surface area (Å²) in [4.78, 5) is 72.1. The summed E-state index contributed by atoms with van der Waals surface area (Å²) in [5.41, 5.74) is 0. The maximum atomic E-state index is 12.4. The second-order valence-electron chi connectivity index (χ2n) is 9.12. The Labute approximate surface area is 225 Å². The molecule has 12 nitrogen and oxygen atoms in total. The van der Waals surface area contributed by atoms with Gasteiger partial charge >= 0.3 is 5.97 Å². The number of aliphatic carboxylic acids is 1. The summed E-state index contributed by atoms with van der Waals surface area (Å²) in [6, 6.07) is -5.01. The van der Waals surface area contributed by atoms with Gasteiger partial charge in [0.1, 0.15) is 30.2 Å². The molecule has 0 bridgehead atoms. The third kappa shape index (κ3) is 12.5. The zero-order valence-electron chi connectivity index (χ0n) is 21.9. The minimum Gasteiger partial charge on any atom is -0.480 e. The molecular weight excluding hydrogens is 522 g/mol. The van der Waals surface area contributed by atoms with E-state index in [1.54, 1.807) is 0 Å². The van der Waals surface area contributed by atoms with Crippen LogP contribution >= 0.6 is 21.6 Å². The number of amides is 5. The van der Waals surface area contributed by atoms with Crippen LogP contribution in [0.1, 0.15) is 66.7 Å². The van der Waals surface area contributed by atoms with Gasteiger partial charge in [-0.2, -0.15) is 0 Å². The number of unbranched alkanes of at least 4 members (excludes halogenated alkanes) is 1. The van der Waals surface area contributed by atoms with E-state index in [9.17, 15) is 28.8 Å². The number of carbonyl (C=O) groups is 6. The first-order valence-electron chi connectivity index (χ1n) is 12.3. The van der Waals surface area contributed by atoms with Crippen molar-refractivity contribution in [1.82, 2.24) is 26.6 Å². The van der Waals surface area contributed by atoms with Crippen LogP contribution in [0.5, 0.6) is 0 Å². The lowest BCUT2D eigenvalue weighted by Crippen LogP contribution is -2.56. The highest BCUT2D eigenvalue weighted by atomic mass is 33.1. The number of hydrogen-bond donors (Lipinski definition) is 6. The van der Waals surface area contributed by atoms with Crippen LogP contribution < -0.4 is 26.6 Å². The molecule has 0 aromatic heterocycles. The average molecular weight is 562 g/mol. The summed E-state index contributed by atoms with van der Waals surface area (Å²) in [5, 5.41) is 21.7. The fourth-order valence-electron chi connectivity index (χ4n) is 3.21. The lowest BCUT2D eigenvalue weighted by Gasteiger charge is -2.22. The molecule has 6 atom stereocenters. The highest BCUT2D eigenvalue weighted by Gasteiger charge is 2.26. The first-order valence-corrected chi connectivity index (χ1v) is 14.7. The molecule has 0 aromatic rings. The molecule has 6 N–H and O–H groups in total. The van der Waals surface area contributed by atoms with Crippen molar-refractivity contribution in [2.24, 2.45) is 0 Å². The lowest BCUT2D eigenvalue weighted by atomic mass is 10.1. The van der Waals surface area contributed by atoms with Crippen molar-refractivity contribution in [2.45, 2.75) is 102 Å². The average Bonchev–Trinajstić information content (AvgIpc) is 3.34. The molecule has 1 fully saturated rings. The van der Waals surface area contributed by atoms with Crippen molar-refractivity contribution in [2.75, 3.05) is 5.75 Å². The molecule has 1 aliphatic heterocycles. The Hall–Kier alpha value is -2.48. The van der Waals surface area contributed by atoms with Crippen LogP contribution in [0.2, 0.25) is 0 Å². The molecular formula is C23H39N5O7S2. The van der Waals surface area contributed by atoms with Crippen LogP contribution in [0.15, 0.2) is 0 Å². The van der Waals surface area contributed by atoms with Crippen molar-refractivity contribution in [3.05, 3.63) is 0 Å². The largest absolute Gasteiger partial charge is 0.480 e. The van der Waals surface area contributed by atoms with Crippen molar-refractivity contribution < 1.29 is 33.9 Å². The van der Waals surface area contributed by atoms with Crippen LogP contribution in [0, 0.1) is 0 Å². The molecule has 210 valence electrons. The molecule has 1 heterocycles. The first-order chi connectivity index (χ1) is 17.3. The van der Waals surface area contributed by atoms with Gasteiger partial charge in [0.25, 0.3) is 0 Å². The Morgan fingerprint density at radius 2 is 1.14 bits per heavy atom. The fourth-order valence-corrected chi connectivity index (χ4v) is 6.24. The molecule has 0 radical (unpaired) electrons. The van der Waals surface area contributed by atoms with Gasteiger partial charge < -0.3 is 31.7 Å². The topological polar surface area (TPSA) is 183 Å². The van der Waals surface area contributed by atoms with E-state index in [4.69, 9.17) is 5.11 Å².